The number of carboxylic acids is 1. The van der Waals surface area contributed by atoms with Gasteiger partial charge >= 0.3 is 5.97 Å². The van der Waals surface area contributed by atoms with Gasteiger partial charge in [0, 0.05) is 19.6 Å². The monoisotopic (exact) mass is 267 g/mol. The lowest BCUT2D eigenvalue weighted by molar-refractivity contribution is -0.137. The molecular formula is C10H21NO5S. The molecule has 0 unspecified atom stereocenters. The Labute approximate surface area is 102 Å². The smallest absolute Gasteiger partial charge is 0.303 e. The van der Waals surface area contributed by atoms with Gasteiger partial charge in [0.25, 0.3) is 0 Å². The highest BCUT2D eigenvalue weighted by Crippen LogP contribution is 1.95. The summed E-state index contributed by atoms with van der Waals surface area (Å²) in [4.78, 5) is 10.2. The number of sulfonamides is 1. The molecule has 17 heavy (non-hydrogen) atoms. The van der Waals surface area contributed by atoms with E-state index < -0.39 is 16.0 Å². The zero-order valence-electron chi connectivity index (χ0n) is 10.3. The van der Waals surface area contributed by atoms with Gasteiger partial charge < -0.3 is 9.84 Å². The van der Waals surface area contributed by atoms with E-state index in [4.69, 9.17) is 9.84 Å². The molecular weight excluding hydrogens is 246 g/mol. The predicted molar refractivity (Wildman–Crippen MR) is 64.3 cm³/mol. The predicted octanol–water partition coefficient (Wildman–Crippen LogP) is 0.443. The van der Waals surface area contributed by atoms with E-state index in [9.17, 15) is 13.2 Å². The highest BCUT2D eigenvalue weighted by atomic mass is 32.2. The van der Waals surface area contributed by atoms with Crippen LogP contribution in [0.5, 0.6) is 0 Å². The number of nitrogens with one attached hydrogen (secondary N) is 1. The molecule has 0 rings (SSSR count). The van der Waals surface area contributed by atoms with Gasteiger partial charge in [-0.3, -0.25) is 4.79 Å². The molecule has 0 saturated heterocycles. The van der Waals surface area contributed by atoms with E-state index in [1.165, 1.54) is 0 Å². The number of carboxylic acid groups (broad SMARTS) is 1. The summed E-state index contributed by atoms with van der Waals surface area (Å²) in [6, 6.07) is 0. The van der Waals surface area contributed by atoms with Crippen LogP contribution in [-0.2, 0) is 19.6 Å². The Kier molecular flexibility index (Phi) is 8.11. The van der Waals surface area contributed by atoms with Crippen molar-refractivity contribution in [3.05, 3.63) is 0 Å². The highest BCUT2D eigenvalue weighted by molar-refractivity contribution is 7.89. The van der Waals surface area contributed by atoms with Gasteiger partial charge in [0.05, 0.1) is 12.4 Å². The second-order valence-electron chi connectivity index (χ2n) is 4.18. The SMILES string of the molecule is CC(C)COCCNS(=O)(=O)CCCC(=O)O. The molecule has 0 amide bonds. The first-order chi connectivity index (χ1) is 7.83. The van der Waals surface area contributed by atoms with Crippen molar-refractivity contribution in [3.63, 3.8) is 0 Å². The summed E-state index contributed by atoms with van der Waals surface area (Å²) in [5.41, 5.74) is 0. The van der Waals surface area contributed by atoms with Crippen LogP contribution in [0.4, 0.5) is 0 Å². The van der Waals surface area contributed by atoms with Crippen molar-refractivity contribution < 1.29 is 23.1 Å². The molecule has 0 saturated carbocycles. The lowest BCUT2D eigenvalue weighted by Gasteiger charge is -2.08. The molecule has 0 aliphatic rings. The number of hydrogen-bond donors (Lipinski definition) is 2. The minimum atomic E-state index is -3.37. The van der Waals surface area contributed by atoms with Gasteiger partial charge in [-0.1, -0.05) is 13.8 Å². The summed E-state index contributed by atoms with van der Waals surface area (Å²) in [7, 11) is -3.37. The summed E-state index contributed by atoms with van der Waals surface area (Å²) in [6.07, 6.45) is -0.0116. The summed E-state index contributed by atoms with van der Waals surface area (Å²) in [6.45, 7) is 5.17. The van der Waals surface area contributed by atoms with E-state index in [2.05, 4.69) is 4.72 Å². The van der Waals surface area contributed by atoms with E-state index in [1.54, 1.807) is 0 Å². The molecule has 0 radical (unpaired) electrons. The van der Waals surface area contributed by atoms with Crippen LogP contribution in [0.15, 0.2) is 0 Å². The molecule has 0 heterocycles. The van der Waals surface area contributed by atoms with Crippen LogP contribution < -0.4 is 4.72 Å². The fourth-order valence-corrected chi connectivity index (χ4v) is 2.14. The molecule has 0 spiro atoms. The first-order valence-electron chi connectivity index (χ1n) is 5.60. The number of carbonyl (C=O) groups is 1. The molecule has 0 aromatic carbocycles. The topological polar surface area (TPSA) is 92.7 Å². The summed E-state index contributed by atoms with van der Waals surface area (Å²) in [5, 5.41) is 8.37. The molecule has 2 N–H and O–H groups in total. The fourth-order valence-electron chi connectivity index (χ4n) is 1.07. The van der Waals surface area contributed by atoms with Gasteiger partial charge in [-0.05, 0) is 12.3 Å². The van der Waals surface area contributed by atoms with Crippen molar-refractivity contribution in [2.24, 2.45) is 5.92 Å². The maximum absolute atomic E-state index is 11.3. The third-order valence-corrected chi connectivity index (χ3v) is 3.29. The Hall–Kier alpha value is -0.660. The van der Waals surface area contributed by atoms with Crippen LogP contribution in [0.25, 0.3) is 0 Å². The van der Waals surface area contributed by atoms with Crippen LogP contribution in [0.1, 0.15) is 26.7 Å². The summed E-state index contributed by atoms with van der Waals surface area (Å²) in [5.74, 6) is -0.730. The average molecular weight is 267 g/mol. The van der Waals surface area contributed by atoms with Crippen LogP contribution in [-0.4, -0.2) is 45.0 Å². The maximum atomic E-state index is 11.3. The van der Waals surface area contributed by atoms with Crippen molar-refractivity contribution in [1.82, 2.24) is 4.72 Å². The number of aliphatic carboxylic acids is 1. The summed E-state index contributed by atoms with van der Waals surface area (Å²) >= 11 is 0. The highest BCUT2D eigenvalue weighted by Gasteiger charge is 2.10. The van der Waals surface area contributed by atoms with Gasteiger partial charge in [-0.2, -0.15) is 0 Å². The molecule has 102 valence electrons. The second-order valence-corrected chi connectivity index (χ2v) is 6.11. The first kappa shape index (κ1) is 16.3. The van der Waals surface area contributed by atoms with Crippen molar-refractivity contribution in [2.45, 2.75) is 26.7 Å². The molecule has 0 aliphatic carbocycles. The minimum Gasteiger partial charge on any atom is -0.481 e. The van der Waals surface area contributed by atoms with Crippen LogP contribution in [0.3, 0.4) is 0 Å². The largest absolute Gasteiger partial charge is 0.481 e. The van der Waals surface area contributed by atoms with E-state index in [0.29, 0.717) is 19.1 Å². The van der Waals surface area contributed by atoms with E-state index >= 15 is 0 Å². The van der Waals surface area contributed by atoms with Gasteiger partial charge in [-0.25, -0.2) is 13.1 Å². The first-order valence-corrected chi connectivity index (χ1v) is 7.25. The Bertz CT molecular complexity index is 313. The summed E-state index contributed by atoms with van der Waals surface area (Å²) < 4.78 is 30.3. The van der Waals surface area contributed by atoms with Crippen LogP contribution in [0.2, 0.25) is 0 Å². The van der Waals surface area contributed by atoms with Crippen molar-refractivity contribution in [1.29, 1.82) is 0 Å². The quantitative estimate of drug-likeness (QED) is 0.560. The number of rotatable bonds is 10. The lowest BCUT2D eigenvalue weighted by atomic mass is 10.2. The van der Waals surface area contributed by atoms with Gasteiger partial charge in [0.1, 0.15) is 0 Å². The standard InChI is InChI=1S/C10H21NO5S/c1-9(2)8-16-6-5-11-17(14,15)7-3-4-10(12)13/h9,11H,3-8H2,1-2H3,(H,12,13). The van der Waals surface area contributed by atoms with Gasteiger partial charge in [0.15, 0.2) is 0 Å². The van der Waals surface area contributed by atoms with E-state index in [-0.39, 0.29) is 25.1 Å². The minimum absolute atomic E-state index is 0.123. The Morgan fingerprint density at radius 3 is 2.59 bits per heavy atom. The Morgan fingerprint density at radius 2 is 2.06 bits per heavy atom. The van der Waals surface area contributed by atoms with Crippen LogP contribution >= 0.6 is 0 Å². The zero-order chi connectivity index (χ0) is 13.3. The fraction of sp³-hybridized carbons (Fsp3) is 0.900. The van der Waals surface area contributed by atoms with Crippen molar-refractivity contribution in [3.8, 4) is 0 Å². The van der Waals surface area contributed by atoms with Gasteiger partial charge in [-0.15, -0.1) is 0 Å². The Balaban J connectivity index is 3.61. The normalized spacial score (nSPS) is 11.9. The third-order valence-electron chi connectivity index (χ3n) is 1.82. The molecule has 0 atom stereocenters. The van der Waals surface area contributed by atoms with E-state index in [1.807, 2.05) is 13.8 Å². The average Bonchev–Trinajstić information content (AvgIpc) is 2.15. The number of hydrogen-bond acceptors (Lipinski definition) is 4. The van der Waals surface area contributed by atoms with Crippen LogP contribution in [0, 0.1) is 5.92 Å². The molecule has 7 heteroatoms. The second kappa shape index (κ2) is 8.43. The molecule has 0 aliphatic heterocycles. The van der Waals surface area contributed by atoms with Gasteiger partial charge in [0.2, 0.25) is 10.0 Å². The Morgan fingerprint density at radius 1 is 1.41 bits per heavy atom. The molecule has 6 nitrogen and oxygen atoms in total. The maximum Gasteiger partial charge on any atom is 0.303 e. The lowest BCUT2D eigenvalue weighted by Crippen LogP contribution is -2.30. The van der Waals surface area contributed by atoms with Crippen molar-refractivity contribution in [2.75, 3.05) is 25.5 Å². The molecule has 0 fully saturated rings. The van der Waals surface area contributed by atoms with E-state index in [0.717, 1.165) is 0 Å². The molecule has 0 bridgehead atoms. The third kappa shape index (κ3) is 11.6. The molecule has 0 aromatic heterocycles. The number of ether oxygens (including phenoxy) is 1. The molecule has 0 aromatic rings. The van der Waals surface area contributed by atoms with Crippen molar-refractivity contribution >= 4 is 16.0 Å². The zero-order valence-corrected chi connectivity index (χ0v) is 11.1.